The molecule has 0 aliphatic carbocycles. The fourth-order valence-electron chi connectivity index (χ4n) is 2.65. The van der Waals surface area contributed by atoms with E-state index in [9.17, 15) is 8.42 Å². The molecule has 4 nitrogen and oxygen atoms in total. The molecular formula is C15H23BrN2O2S. The number of hydrogen-bond donors (Lipinski definition) is 1. The van der Waals surface area contributed by atoms with E-state index in [1.54, 1.807) is 28.6 Å². The minimum Gasteiger partial charge on any atom is -0.317 e. The van der Waals surface area contributed by atoms with Gasteiger partial charge in [-0.05, 0) is 70.0 Å². The number of rotatable bonds is 5. The lowest BCUT2D eigenvalue weighted by atomic mass is 9.98. The predicted molar refractivity (Wildman–Crippen MR) is 88.8 cm³/mol. The van der Waals surface area contributed by atoms with Crippen molar-refractivity contribution in [2.75, 3.05) is 19.6 Å². The fraction of sp³-hybridized carbons (Fsp3) is 0.600. The molecule has 1 N–H and O–H groups in total. The van der Waals surface area contributed by atoms with Crippen molar-refractivity contribution >= 4 is 26.0 Å². The summed E-state index contributed by atoms with van der Waals surface area (Å²) in [6.45, 7) is 6.45. The highest BCUT2D eigenvalue weighted by molar-refractivity contribution is 9.10. The van der Waals surface area contributed by atoms with Crippen LogP contribution in [0.15, 0.2) is 33.6 Å². The van der Waals surface area contributed by atoms with Gasteiger partial charge >= 0.3 is 0 Å². The van der Waals surface area contributed by atoms with E-state index < -0.39 is 10.0 Å². The smallest absolute Gasteiger partial charge is 0.243 e. The number of nitrogens with zero attached hydrogens (tertiary/aromatic N) is 1. The van der Waals surface area contributed by atoms with Crippen LogP contribution in [-0.4, -0.2) is 38.4 Å². The Hall–Kier alpha value is -0.430. The number of piperidine rings is 1. The van der Waals surface area contributed by atoms with E-state index in [0.29, 0.717) is 17.4 Å². The van der Waals surface area contributed by atoms with Crippen molar-refractivity contribution < 1.29 is 8.42 Å². The largest absolute Gasteiger partial charge is 0.317 e. The van der Waals surface area contributed by atoms with Crippen molar-refractivity contribution in [3.05, 3.63) is 28.7 Å². The summed E-state index contributed by atoms with van der Waals surface area (Å²) in [7, 11) is -3.42. The van der Waals surface area contributed by atoms with Crippen LogP contribution in [0.1, 0.15) is 26.7 Å². The van der Waals surface area contributed by atoms with Crippen LogP contribution < -0.4 is 5.32 Å². The van der Waals surface area contributed by atoms with Gasteiger partial charge in [-0.25, -0.2) is 8.42 Å². The Bertz CT molecular complexity index is 552. The Balaban J connectivity index is 2.21. The van der Waals surface area contributed by atoms with E-state index in [2.05, 4.69) is 21.2 Å². The van der Waals surface area contributed by atoms with Crippen molar-refractivity contribution in [1.29, 1.82) is 0 Å². The SMILES string of the molecule is CC(C)N(CC1CCNCC1)S(=O)(=O)c1ccc(Br)cc1. The summed E-state index contributed by atoms with van der Waals surface area (Å²) >= 11 is 3.34. The second-order valence-corrected chi connectivity index (χ2v) is 8.62. The number of halogens is 1. The van der Waals surface area contributed by atoms with Crippen molar-refractivity contribution in [3.63, 3.8) is 0 Å². The molecule has 6 heteroatoms. The summed E-state index contributed by atoms with van der Waals surface area (Å²) in [4.78, 5) is 0.369. The molecule has 0 atom stereocenters. The van der Waals surface area contributed by atoms with E-state index in [1.807, 2.05) is 13.8 Å². The minimum absolute atomic E-state index is 0.0338. The van der Waals surface area contributed by atoms with Gasteiger partial charge in [-0.3, -0.25) is 0 Å². The van der Waals surface area contributed by atoms with Crippen LogP contribution in [0.5, 0.6) is 0 Å². The molecule has 0 aromatic heterocycles. The van der Waals surface area contributed by atoms with Crippen LogP contribution in [0.3, 0.4) is 0 Å². The average Bonchev–Trinajstić information content (AvgIpc) is 2.46. The quantitative estimate of drug-likeness (QED) is 0.861. The molecule has 1 aromatic rings. The molecule has 0 radical (unpaired) electrons. The lowest BCUT2D eigenvalue weighted by Crippen LogP contribution is -2.42. The van der Waals surface area contributed by atoms with Crippen LogP contribution in [0.4, 0.5) is 0 Å². The normalized spacial score (nSPS) is 17.6. The van der Waals surface area contributed by atoms with Gasteiger partial charge < -0.3 is 5.32 Å². The van der Waals surface area contributed by atoms with Crippen molar-refractivity contribution in [2.45, 2.75) is 37.6 Å². The number of nitrogens with one attached hydrogen (secondary N) is 1. The summed E-state index contributed by atoms with van der Waals surface area (Å²) in [5.41, 5.74) is 0. The zero-order valence-corrected chi connectivity index (χ0v) is 15.0. The van der Waals surface area contributed by atoms with Gasteiger partial charge in [0.1, 0.15) is 0 Å². The van der Waals surface area contributed by atoms with Crippen molar-refractivity contribution in [3.8, 4) is 0 Å². The van der Waals surface area contributed by atoms with Gasteiger partial charge in [0.05, 0.1) is 4.90 Å². The Morgan fingerprint density at radius 2 is 1.81 bits per heavy atom. The molecule has 1 fully saturated rings. The molecule has 1 aromatic carbocycles. The van der Waals surface area contributed by atoms with Gasteiger partial charge in [-0.1, -0.05) is 15.9 Å². The maximum atomic E-state index is 12.9. The highest BCUT2D eigenvalue weighted by Crippen LogP contribution is 2.24. The van der Waals surface area contributed by atoms with Gasteiger partial charge in [-0.2, -0.15) is 4.31 Å². The van der Waals surface area contributed by atoms with Crippen LogP contribution in [-0.2, 0) is 10.0 Å². The first-order chi connectivity index (χ1) is 9.91. The summed E-state index contributed by atoms with van der Waals surface area (Å²) in [6, 6.07) is 6.84. The first kappa shape index (κ1) is 16.9. The van der Waals surface area contributed by atoms with E-state index in [1.165, 1.54) is 0 Å². The highest BCUT2D eigenvalue weighted by Gasteiger charge is 2.29. The minimum atomic E-state index is -3.42. The predicted octanol–water partition coefficient (Wildman–Crippen LogP) is 2.85. The Morgan fingerprint density at radius 3 is 2.33 bits per heavy atom. The molecule has 21 heavy (non-hydrogen) atoms. The molecule has 0 bridgehead atoms. The van der Waals surface area contributed by atoms with Crippen molar-refractivity contribution in [2.24, 2.45) is 5.92 Å². The second kappa shape index (κ2) is 7.22. The van der Waals surface area contributed by atoms with Crippen LogP contribution in [0.25, 0.3) is 0 Å². The Labute approximate surface area is 136 Å². The third kappa shape index (κ3) is 4.28. The summed E-state index contributed by atoms with van der Waals surface area (Å²) < 4.78 is 28.2. The third-order valence-corrected chi connectivity index (χ3v) is 6.48. The van der Waals surface area contributed by atoms with Gasteiger partial charge in [0.2, 0.25) is 10.0 Å². The van der Waals surface area contributed by atoms with Gasteiger partial charge in [-0.15, -0.1) is 0 Å². The zero-order chi connectivity index (χ0) is 15.5. The molecule has 118 valence electrons. The maximum Gasteiger partial charge on any atom is 0.243 e. The number of hydrogen-bond acceptors (Lipinski definition) is 3. The van der Waals surface area contributed by atoms with E-state index in [-0.39, 0.29) is 6.04 Å². The number of sulfonamides is 1. The zero-order valence-electron chi connectivity index (χ0n) is 12.5. The van der Waals surface area contributed by atoms with Crippen LogP contribution in [0.2, 0.25) is 0 Å². The van der Waals surface area contributed by atoms with Crippen LogP contribution >= 0.6 is 15.9 Å². The molecule has 0 amide bonds. The van der Waals surface area contributed by atoms with Gasteiger partial charge in [0.15, 0.2) is 0 Å². The topological polar surface area (TPSA) is 49.4 Å². The average molecular weight is 375 g/mol. The summed E-state index contributed by atoms with van der Waals surface area (Å²) in [5, 5.41) is 3.32. The Morgan fingerprint density at radius 1 is 1.24 bits per heavy atom. The first-order valence-corrected chi connectivity index (χ1v) is 9.62. The lowest BCUT2D eigenvalue weighted by Gasteiger charge is -2.32. The lowest BCUT2D eigenvalue weighted by molar-refractivity contribution is 0.261. The maximum absolute atomic E-state index is 12.9. The van der Waals surface area contributed by atoms with E-state index in [4.69, 9.17) is 0 Å². The molecule has 1 aliphatic heterocycles. The molecule has 1 heterocycles. The number of benzene rings is 1. The third-order valence-electron chi connectivity index (χ3n) is 3.89. The van der Waals surface area contributed by atoms with Crippen molar-refractivity contribution in [1.82, 2.24) is 9.62 Å². The highest BCUT2D eigenvalue weighted by atomic mass is 79.9. The molecule has 2 rings (SSSR count). The molecule has 1 saturated heterocycles. The molecule has 1 aliphatic rings. The molecular weight excluding hydrogens is 352 g/mol. The van der Waals surface area contributed by atoms with Gasteiger partial charge in [0, 0.05) is 17.1 Å². The van der Waals surface area contributed by atoms with E-state index in [0.717, 1.165) is 30.4 Å². The first-order valence-electron chi connectivity index (χ1n) is 7.39. The standard InChI is InChI=1S/C15H23BrN2O2S/c1-12(2)18(11-13-7-9-17-10-8-13)21(19,20)15-5-3-14(16)4-6-15/h3-6,12-13,17H,7-11H2,1-2H3. The fourth-order valence-corrected chi connectivity index (χ4v) is 4.62. The molecule has 0 saturated carbocycles. The monoisotopic (exact) mass is 374 g/mol. The molecule has 0 unspecified atom stereocenters. The van der Waals surface area contributed by atoms with Gasteiger partial charge in [0.25, 0.3) is 0 Å². The molecule has 0 spiro atoms. The van der Waals surface area contributed by atoms with Crippen LogP contribution in [0, 0.1) is 5.92 Å². The second-order valence-electron chi connectivity index (χ2n) is 5.82. The summed E-state index contributed by atoms with van der Waals surface area (Å²) in [6.07, 6.45) is 2.08. The Kier molecular flexibility index (Phi) is 5.82. The summed E-state index contributed by atoms with van der Waals surface area (Å²) in [5.74, 6) is 0.443. The van der Waals surface area contributed by atoms with E-state index >= 15 is 0 Å².